The molecule has 0 saturated heterocycles. The monoisotopic (exact) mass is 521 g/mol. The number of likely N-dealkylation sites (N-methyl/N-ethyl adjacent to an activating group) is 1. The van der Waals surface area contributed by atoms with Crippen molar-refractivity contribution >= 4 is 29.2 Å². The second kappa shape index (κ2) is 9.46. The van der Waals surface area contributed by atoms with Crippen molar-refractivity contribution in [2.24, 2.45) is 0 Å². The fourth-order valence-corrected chi connectivity index (χ4v) is 4.72. The molecule has 0 spiro atoms. The van der Waals surface area contributed by atoms with E-state index in [2.05, 4.69) is 0 Å². The van der Waals surface area contributed by atoms with E-state index in [9.17, 15) is 27.2 Å². The second-order valence-electron chi connectivity index (χ2n) is 8.51. The number of carboxylic acids is 1. The zero-order valence-corrected chi connectivity index (χ0v) is 19.8. The summed E-state index contributed by atoms with van der Waals surface area (Å²) in [5.74, 6) is -5.49. The summed E-state index contributed by atoms with van der Waals surface area (Å²) in [6.45, 7) is 1.15. The maximum atomic E-state index is 14.3. The second-order valence-corrected chi connectivity index (χ2v) is 8.92. The van der Waals surface area contributed by atoms with Crippen molar-refractivity contribution < 1.29 is 37.0 Å². The number of halogens is 5. The third-order valence-corrected chi connectivity index (χ3v) is 6.63. The van der Waals surface area contributed by atoms with Gasteiger partial charge in [0.05, 0.1) is 17.2 Å². The first-order chi connectivity index (χ1) is 16.9. The molecule has 1 aliphatic rings. The van der Waals surface area contributed by atoms with Gasteiger partial charge in [0, 0.05) is 12.1 Å². The fraction of sp³-hybridized carbons (Fsp3) is 0.231. The van der Waals surface area contributed by atoms with E-state index < -0.39 is 35.4 Å². The molecule has 4 rings (SSSR count). The molecular weight excluding hydrogens is 502 g/mol. The van der Waals surface area contributed by atoms with Crippen molar-refractivity contribution in [3.8, 4) is 16.9 Å². The molecule has 5 nitrogen and oxygen atoms in total. The number of anilines is 1. The number of hydrogen-bond donors (Lipinski definition) is 1. The lowest BCUT2D eigenvalue weighted by molar-refractivity contribution is -0.154. The third-order valence-electron chi connectivity index (χ3n) is 6.31. The number of carbonyl (C=O) groups excluding carboxylic acids is 1. The van der Waals surface area contributed by atoms with Crippen LogP contribution in [0.3, 0.4) is 0 Å². The van der Waals surface area contributed by atoms with Crippen LogP contribution in [0.15, 0.2) is 54.6 Å². The van der Waals surface area contributed by atoms with Crippen molar-refractivity contribution in [1.29, 1.82) is 0 Å². The van der Waals surface area contributed by atoms with Crippen LogP contribution >= 0.6 is 11.6 Å². The van der Waals surface area contributed by atoms with E-state index in [1.165, 1.54) is 61.3 Å². The summed E-state index contributed by atoms with van der Waals surface area (Å²) in [7, 11) is 1.52. The molecule has 1 N–H and O–H groups in total. The van der Waals surface area contributed by atoms with Gasteiger partial charge in [-0.15, -0.1) is 0 Å². The van der Waals surface area contributed by atoms with E-state index in [4.69, 9.17) is 21.4 Å². The summed E-state index contributed by atoms with van der Waals surface area (Å²) in [6.07, 6.45) is -4.62. The zero-order chi connectivity index (χ0) is 26.4. The molecule has 0 bridgehead atoms. The molecule has 3 aromatic rings. The minimum atomic E-state index is -4.62. The van der Waals surface area contributed by atoms with E-state index in [1.54, 1.807) is 0 Å². The number of fused-ring (bicyclic) bond motifs is 1. The molecule has 0 radical (unpaired) electrons. The fourth-order valence-electron chi connectivity index (χ4n) is 4.37. The summed E-state index contributed by atoms with van der Waals surface area (Å²) in [4.78, 5) is 24.2. The molecule has 188 valence electrons. The van der Waals surface area contributed by atoms with Crippen molar-refractivity contribution in [2.75, 3.05) is 18.6 Å². The molecule has 10 heteroatoms. The van der Waals surface area contributed by atoms with Gasteiger partial charge in [-0.25, -0.2) is 9.18 Å². The van der Waals surface area contributed by atoms with Crippen molar-refractivity contribution in [3.05, 3.63) is 82.1 Å². The number of ether oxygens (including phenoxy) is 1. The largest absolute Gasteiger partial charge is 0.482 e. The van der Waals surface area contributed by atoms with Crippen LogP contribution in [0.4, 0.5) is 23.2 Å². The predicted octanol–water partition coefficient (Wildman–Crippen LogP) is 6.65. The molecule has 0 aliphatic carbocycles. The minimum absolute atomic E-state index is 0.0389. The molecule has 0 fully saturated rings. The number of carboxylic acid groups (broad SMARTS) is 1. The van der Waals surface area contributed by atoms with Gasteiger partial charge in [-0.2, -0.15) is 13.2 Å². The SMILES string of the molecule is CC(c1ccc(-c2ccc(C(=O)O)c(F)c2)cc1Cl)C(c1ccc2c(c1)OCC(=O)N2C)C(F)(F)F. The normalized spacial score (nSPS) is 15.2. The summed E-state index contributed by atoms with van der Waals surface area (Å²) in [5.41, 5.74) is 0.834. The highest BCUT2D eigenvalue weighted by atomic mass is 35.5. The van der Waals surface area contributed by atoms with E-state index in [0.29, 0.717) is 16.8 Å². The number of hydrogen-bond acceptors (Lipinski definition) is 3. The van der Waals surface area contributed by atoms with E-state index >= 15 is 0 Å². The van der Waals surface area contributed by atoms with E-state index in [-0.39, 0.29) is 34.4 Å². The van der Waals surface area contributed by atoms with Crippen LogP contribution in [0.1, 0.15) is 40.2 Å². The van der Waals surface area contributed by atoms with E-state index in [0.717, 1.165) is 12.1 Å². The van der Waals surface area contributed by atoms with Crippen molar-refractivity contribution in [3.63, 3.8) is 0 Å². The predicted molar refractivity (Wildman–Crippen MR) is 126 cm³/mol. The van der Waals surface area contributed by atoms with Crippen LogP contribution in [-0.2, 0) is 4.79 Å². The van der Waals surface area contributed by atoms with Crippen LogP contribution in [0.25, 0.3) is 11.1 Å². The topological polar surface area (TPSA) is 66.8 Å². The lowest BCUT2D eigenvalue weighted by Gasteiger charge is -2.30. The Balaban J connectivity index is 1.69. The Morgan fingerprint density at radius 3 is 2.36 bits per heavy atom. The molecule has 1 amide bonds. The van der Waals surface area contributed by atoms with Gasteiger partial charge in [-0.3, -0.25) is 4.79 Å². The molecule has 0 saturated carbocycles. The van der Waals surface area contributed by atoms with E-state index in [1.807, 2.05) is 0 Å². The van der Waals surface area contributed by atoms with Gasteiger partial charge in [0.15, 0.2) is 6.61 Å². The van der Waals surface area contributed by atoms with Crippen LogP contribution in [0.2, 0.25) is 5.02 Å². The van der Waals surface area contributed by atoms with Crippen LogP contribution in [0, 0.1) is 5.82 Å². The van der Waals surface area contributed by atoms with Crippen molar-refractivity contribution in [1.82, 2.24) is 0 Å². The summed E-state index contributed by atoms with van der Waals surface area (Å²) < 4.78 is 62.4. The lowest BCUT2D eigenvalue weighted by Crippen LogP contribution is -2.35. The van der Waals surface area contributed by atoms with Gasteiger partial charge < -0.3 is 14.7 Å². The molecule has 0 aromatic heterocycles. The molecule has 1 aliphatic heterocycles. The van der Waals surface area contributed by atoms with Crippen LogP contribution < -0.4 is 9.64 Å². The summed E-state index contributed by atoms with van der Waals surface area (Å²) in [6, 6.07) is 12.0. The Bertz CT molecular complexity index is 1360. The molecule has 2 atom stereocenters. The molecular formula is C26H20ClF4NO4. The van der Waals surface area contributed by atoms with Gasteiger partial charge in [0.1, 0.15) is 11.6 Å². The number of carbonyl (C=O) groups is 2. The highest BCUT2D eigenvalue weighted by Crippen LogP contribution is 2.48. The lowest BCUT2D eigenvalue weighted by atomic mass is 9.81. The number of amides is 1. The number of benzene rings is 3. The van der Waals surface area contributed by atoms with Gasteiger partial charge in [0.2, 0.25) is 0 Å². The van der Waals surface area contributed by atoms with Gasteiger partial charge in [-0.1, -0.05) is 42.8 Å². The van der Waals surface area contributed by atoms with Gasteiger partial charge >= 0.3 is 12.1 Å². The Hall–Kier alpha value is -3.59. The average Bonchev–Trinajstić information content (AvgIpc) is 2.80. The number of aromatic carboxylic acids is 1. The van der Waals surface area contributed by atoms with Crippen molar-refractivity contribution in [2.45, 2.75) is 24.9 Å². The Morgan fingerprint density at radius 1 is 1.08 bits per heavy atom. The first kappa shape index (κ1) is 25.5. The molecule has 36 heavy (non-hydrogen) atoms. The van der Waals surface area contributed by atoms with Gasteiger partial charge in [-0.05, 0) is 58.5 Å². The maximum Gasteiger partial charge on any atom is 0.396 e. The Labute approximate surface area is 208 Å². The zero-order valence-electron chi connectivity index (χ0n) is 19.1. The first-order valence-corrected chi connectivity index (χ1v) is 11.2. The van der Waals surface area contributed by atoms with Crippen LogP contribution in [0.5, 0.6) is 5.75 Å². The molecule has 3 aromatic carbocycles. The Morgan fingerprint density at radius 2 is 1.75 bits per heavy atom. The first-order valence-electron chi connectivity index (χ1n) is 10.8. The smallest absolute Gasteiger partial charge is 0.396 e. The Kier molecular flexibility index (Phi) is 6.70. The summed E-state index contributed by atoms with van der Waals surface area (Å²) in [5, 5.41) is 9.04. The quantitative estimate of drug-likeness (QED) is 0.382. The number of alkyl halides is 3. The van der Waals surface area contributed by atoms with Crippen LogP contribution in [-0.4, -0.2) is 36.8 Å². The summed E-state index contributed by atoms with van der Waals surface area (Å²) >= 11 is 6.40. The standard InChI is InChI=1S/C26H20ClF4NO4/c1-13(17-6-3-14(9-19(17)27)15-4-7-18(25(34)35)20(28)10-15)24(26(29,30)31)16-5-8-21-22(11-16)36-12-23(33)32(21)2/h3-11,13,24H,12H2,1-2H3,(H,34,35). The van der Waals surface area contributed by atoms with Gasteiger partial charge in [0.25, 0.3) is 5.91 Å². The highest BCUT2D eigenvalue weighted by Gasteiger charge is 2.45. The third kappa shape index (κ3) is 4.75. The highest BCUT2D eigenvalue weighted by molar-refractivity contribution is 6.31. The number of rotatable bonds is 5. The minimum Gasteiger partial charge on any atom is -0.482 e. The molecule has 2 unspecified atom stereocenters. The molecule has 1 heterocycles. The maximum absolute atomic E-state index is 14.3. The average molecular weight is 522 g/mol. The number of nitrogens with zero attached hydrogens (tertiary/aromatic N) is 1.